The van der Waals surface area contributed by atoms with E-state index in [2.05, 4.69) is 21.0 Å². The van der Waals surface area contributed by atoms with Crippen molar-refractivity contribution in [3.8, 4) is 0 Å². The Morgan fingerprint density at radius 3 is 3.03 bits per heavy atom. The maximum Gasteiger partial charge on any atom is 0.254 e. The molecular weight excluding hydrogens is 406 g/mol. The number of anilines is 1. The standard InChI is InChI=1S/C23H21N7O2/c1-13-7-17-18(30-12-25-9-19(30)21(24)27-17)8-15(13)23(31)28(2)20-11-32-10-16-14(20)3-5-29-6-4-26-22(16)29/h3-9,12,20H,10-11H2,1-2H3,(H2,24,27). The van der Waals surface area contributed by atoms with Crippen molar-refractivity contribution in [1.29, 1.82) is 0 Å². The van der Waals surface area contributed by atoms with Crippen molar-refractivity contribution in [3.63, 3.8) is 0 Å². The Balaban J connectivity index is 1.44. The van der Waals surface area contributed by atoms with Crippen LogP contribution in [0.4, 0.5) is 5.82 Å². The number of ether oxygens (including phenoxy) is 1. The highest BCUT2D eigenvalue weighted by Crippen LogP contribution is 2.32. The summed E-state index contributed by atoms with van der Waals surface area (Å²) in [5.74, 6) is 0.325. The lowest BCUT2D eigenvalue weighted by Crippen LogP contribution is -2.36. The van der Waals surface area contributed by atoms with Crippen LogP contribution in [0, 0.1) is 6.92 Å². The first-order valence-corrected chi connectivity index (χ1v) is 10.3. The molecule has 9 heteroatoms. The van der Waals surface area contributed by atoms with E-state index in [9.17, 15) is 4.79 Å². The van der Waals surface area contributed by atoms with E-state index in [1.807, 2.05) is 47.3 Å². The molecule has 2 N–H and O–H groups in total. The predicted molar refractivity (Wildman–Crippen MR) is 119 cm³/mol. The van der Waals surface area contributed by atoms with Gasteiger partial charge in [-0.05, 0) is 36.2 Å². The average molecular weight is 427 g/mol. The third kappa shape index (κ3) is 2.61. The van der Waals surface area contributed by atoms with Gasteiger partial charge in [0.15, 0.2) is 0 Å². The highest BCUT2D eigenvalue weighted by atomic mass is 16.5. The summed E-state index contributed by atoms with van der Waals surface area (Å²) >= 11 is 0. The lowest BCUT2D eigenvalue weighted by Gasteiger charge is -2.33. The first kappa shape index (κ1) is 18.8. The molecule has 1 aliphatic heterocycles. The normalized spacial score (nSPS) is 16.0. The summed E-state index contributed by atoms with van der Waals surface area (Å²) in [6, 6.07) is 5.61. The molecule has 1 atom stereocenters. The van der Waals surface area contributed by atoms with E-state index < -0.39 is 0 Å². The molecule has 0 spiro atoms. The SMILES string of the molecule is Cc1cc2nc(N)c3cncn3c2cc1C(=O)N(C)C1COCc2c1ccn1ccnc21. The smallest absolute Gasteiger partial charge is 0.254 e. The summed E-state index contributed by atoms with van der Waals surface area (Å²) in [6.07, 6.45) is 9.01. The van der Waals surface area contributed by atoms with Crippen molar-refractivity contribution < 1.29 is 9.53 Å². The third-order valence-electron chi connectivity index (χ3n) is 6.32. The molecule has 0 bridgehead atoms. The van der Waals surface area contributed by atoms with Crippen LogP contribution in [0.5, 0.6) is 0 Å². The van der Waals surface area contributed by atoms with Crippen LogP contribution in [0.1, 0.15) is 33.1 Å². The van der Waals surface area contributed by atoms with Crippen LogP contribution in [0.2, 0.25) is 0 Å². The van der Waals surface area contributed by atoms with Gasteiger partial charge < -0.3 is 19.8 Å². The van der Waals surface area contributed by atoms with Gasteiger partial charge in [0.05, 0.1) is 42.8 Å². The molecular formula is C23H21N7O2. The van der Waals surface area contributed by atoms with Crippen LogP contribution in [0.15, 0.2) is 49.3 Å². The zero-order valence-corrected chi connectivity index (χ0v) is 17.7. The first-order chi connectivity index (χ1) is 15.5. The molecule has 0 saturated heterocycles. The Hall–Kier alpha value is -3.98. The number of nitrogens with two attached hydrogens (primary N) is 1. The zero-order chi connectivity index (χ0) is 22.0. The van der Waals surface area contributed by atoms with Gasteiger partial charge in [0.2, 0.25) is 0 Å². The van der Waals surface area contributed by atoms with E-state index in [1.165, 1.54) is 0 Å². The lowest BCUT2D eigenvalue weighted by atomic mass is 9.98. The van der Waals surface area contributed by atoms with Gasteiger partial charge in [-0.3, -0.25) is 9.20 Å². The Labute approximate surface area is 183 Å². The van der Waals surface area contributed by atoms with Crippen molar-refractivity contribution >= 4 is 33.9 Å². The summed E-state index contributed by atoms with van der Waals surface area (Å²) in [7, 11) is 1.82. The van der Waals surface area contributed by atoms with Gasteiger partial charge in [-0.15, -0.1) is 0 Å². The van der Waals surface area contributed by atoms with E-state index in [0.29, 0.717) is 30.1 Å². The number of rotatable bonds is 2. The van der Waals surface area contributed by atoms with E-state index in [4.69, 9.17) is 10.5 Å². The monoisotopic (exact) mass is 427 g/mol. The highest BCUT2D eigenvalue weighted by Gasteiger charge is 2.30. The number of amides is 1. The number of pyridine rings is 1. The van der Waals surface area contributed by atoms with Crippen molar-refractivity contribution in [3.05, 3.63) is 71.6 Å². The summed E-state index contributed by atoms with van der Waals surface area (Å²) in [5.41, 5.74) is 12.7. The van der Waals surface area contributed by atoms with Crippen LogP contribution in [-0.2, 0) is 11.3 Å². The number of hydrogen-bond acceptors (Lipinski definition) is 6. The molecule has 6 rings (SSSR count). The molecule has 5 heterocycles. The summed E-state index contributed by atoms with van der Waals surface area (Å²) < 4.78 is 9.70. The van der Waals surface area contributed by atoms with Gasteiger partial charge in [-0.25, -0.2) is 15.0 Å². The summed E-state index contributed by atoms with van der Waals surface area (Å²) in [4.78, 5) is 28.5. The maximum absolute atomic E-state index is 13.7. The largest absolute Gasteiger partial charge is 0.382 e. The number of likely N-dealkylation sites (N-methyl/N-ethyl adjacent to an activating group) is 1. The Morgan fingerprint density at radius 1 is 1.28 bits per heavy atom. The number of aromatic nitrogens is 5. The molecule has 1 unspecified atom stereocenters. The quantitative estimate of drug-likeness (QED) is 0.465. The van der Waals surface area contributed by atoms with E-state index in [0.717, 1.165) is 33.4 Å². The second-order valence-electron chi connectivity index (χ2n) is 8.16. The molecule has 32 heavy (non-hydrogen) atoms. The fraction of sp³-hybridized carbons (Fsp3) is 0.217. The van der Waals surface area contributed by atoms with Crippen LogP contribution in [-0.4, -0.2) is 48.2 Å². The number of imidazole rings is 2. The molecule has 0 aliphatic carbocycles. The minimum atomic E-state index is -0.208. The van der Waals surface area contributed by atoms with Crippen LogP contribution >= 0.6 is 0 Å². The Morgan fingerprint density at radius 2 is 2.16 bits per heavy atom. The molecule has 1 aromatic carbocycles. The topological polar surface area (TPSA) is 103 Å². The zero-order valence-electron chi connectivity index (χ0n) is 17.7. The van der Waals surface area contributed by atoms with Crippen LogP contribution in [0.3, 0.4) is 0 Å². The van der Waals surface area contributed by atoms with Crippen LogP contribution in [0.25, 0.3) is 22.2 Å². The van der Waals surface area contributed by atoms with Gasteiger partial charge >= 0.3 is 0 Å². The first-order valence-electron chi connectivity index (χ1n) is 10.3. The van der Waals surface area contributed by atoms with Crippen molar-refractivity contribution in [2.45, 2.75) is 19.6 Å². The van der Waals surface area contributed by atoms with Gasteiger partial charge in [0, 0.05) is 36.8 Å². The maximum atomic E-state index is 13.7. The average Bonchev–Trinajstić information content (AvgIpc) is 3.47. The number of benzene rings is 1. The number of nitrogens with zero attached hydrogens (tertiary/aromatic N) is 6. The minimum absolute atomic E-state index is 0.0841. The summed E-state index contributed by atoms with van der Waals surface area (Å²) in [6.45, 7) is 2.83. The number of aryl methyl sites for hydroxylation is 1. The second kappa shape index (κ2) is 6.76. The second-order valence-corrected chi connectivity index (χ2v) is 8.16. The number of fused-ring (bicyclic) bond motifs is 6. The van der Waals surface area contributed by atoms with E-state index in [1.54, 1.807) is 23.6 Å². The molecule has 9 nitrogen and oxygen atoms in total. The molecule has 4 aromatic heterocycles. The molecule has 5 aromatic rings. The molecule has 0 saturated carbocycles. The van der Waals surface area contributed by atoms with Gasteiger partial charge in [0.1, 0.15) is 17.0 Å². The third-order valence-corrected chi connectivity index (χ3v) is 6.32. The number of carbonyl (C=O) groups excluding carboxylic acids is 1. The predicted octanol–water partition coefficient (Wildman–Crippen LogP) is 2.76. The molecule has 1 aliphatic rings. The number of carbonyl (C=O) groups is 1. The molecule has 0 fully saturated rings. The number of hydrogen-bond donors (Lipinski definition) is 1. The molecule has 1 amide bonds. The van der Waals surface area contributed by atoms with Gasteiger partial charge in [-0.1, -0.05) is 0 Å². The molecule has 0 radical (unpaired) electrons. The summed E-state index contributed by atoms with van der Waals surface area (Å²) in [5, 5.41) is 0. The van der Waals surface area contributed by atoms with Crippen molar-refractivity contribution in [2.75, 3.05) is 19.4 Å². The Kier molecular flexibility index (Phi) is 3.96. The highest BCUT2D eigenvalue weighted by molar-refractivity contribution is 6.00. The van der Waals surface area contributed by atoms with Crippen molar-refractivity contribution in [2.24, 2.45) is 0 Å². The van der Waals surface area contributed by atoms with E-state index >= 15 is 0 Å². The van der Waals surface area contributed by atoms with Gasteiger partial charge in [-0.2, -0.15) is 0 Å². The van der Waals surface area contributed by atoms with Crippen molar-refractivity contribution in [1.82, 2.24) is 28.7 Å². The number of nitrogen functional groups attached to an aromatic ring is 1. The Bertz CT molecular complexity index is 1530. The van der Waals surface area contributed by atoms with Crippen LogP contribution < -0.4 is 5.73 Å². The fourth-order valence-corrected chi connectivity index (χ4v) is 4.59. The molecule has 160 valence electrons. The lowest BCUT2D eigenvalue weighted by molar-refractivity contribution is 0.0348. The fourth-order valence-electron chi connectivity index (χ4n) is 4.59. The van der Waals surface area contributed by atoms with E-state index in [-0.39, 0.29) is 11.9 Å². The minimum Gasteiger partial charge on any atom is -0.382 e. The van der Waals surface area contributed by atoms with Gasteiger partial charge in [0.25, 0.3) is 5.91 Å².